The van der Waals surface area contributed by atoms with Gasteiger partial charge < -0.3 is 24.4 Å². The Morgan fingerprint density at radius 2 is 1.43 bits per heavy atom. The first-order chi connectivity index (χ1) is 17.1. The largest absolute Gasteiger partial charge is 0.451 e. The van der Waals surface area contributed by atoms with Crippen molar-refractivity contribution in [2.75, 3.05) is 44.6 Å². The number of piperazine rings is 1. The third-order valence-corrected chi connectivity index (χ3v) is 6.75. The van der Waals surface area contributed by atoms with Gasteiger partial charge >= 0.3 is 6.03 Å². The summed E-state index contributed by atoms with van der Waals surface area (Å²) in [6, 6.07) is 16.6. The van der Waals surface area contributed by atoms with E-state index < -0.39 is 0 Å². The maximum atomic E-state index is 12.8. The molecule has 5 rings (SSSR count). The number of hydrogen-bond acceptors (Lipinski definition) is 4. The molecule has 2 fully saturated rings. The third kappa shape index (κ3) is 5.31. The van der Waals surface area contributed by atoms with Gasteiger partial charge in [-0.3, -0.25) is 9.59 Å². The van der Waals surface area contributed by atoms with Crippen LogP contribution in [0.25, 0.3) is 11.0 Å². The topological polar surface area (TPSA) is 86.1 Å². The number of fused-ring (bicyclic) bond motifs is 1. The van der Waals surface area contributed by atoms with Gasteiger partial charge in [0.1, 0.15) is 5.58 Å². The number of furan rings is 1. The maximum Gasteiger partial charge on any atom is 0.320 e. The van der Waals surface area contributed by atoms with Crippen molar-refractivity contribution < 1.29 is 18.8 Å². The van der Waals surface area contributed by atoms with E-state index in [2.05, 4.69) is 5.32 Å². The highest BCUT2D eigenvalue weighted by atomic mass is 16.3. The van der Waals surface area contributed by atoms with E-state index in [0.717, 1.165) is 36.9 Å². The molecule has 2 aromatic carbocycles. The van der Waals surface area contributed by atoms with Crippen molar-refractivity contribution >= 4 is 34.5 Å². The van der Waals surface area contributed by atoms with Crippen LogP contribution in [-0.4, -0.2) is 71.8 Å². The van der Waals surface area contributed by atoms with Crippen LogP contribution in [-0.2, 0) is 11.2 Å². The van der Waals surface area contributed by atoms with E-state index in [1.807, 2.05) is 51.1 Å². The van der Waals surface area contributed by atoms with Gasteiger partial charge in [0.25, 0.3) is 5.91 Å². The molecule has 8 heteroatoms. The second-order valence-corrected chi connectivity index (χ2v) is 9.17. The molecule has 4 amide bonds. The molecule has 0 atom stereocenters. The van der Waals surface area contributed by atoms with Crippen molar-refractivity contribution in [1.29, 1.82) is 0 Å². The molecular weight excluding hydrogens is 444 g/mol. The lowest BCUT2D eigenvalue weighted by atomic mass is 10.1. The molecule has 1 aromatic heterocycles. The van der Waals surface area contributed by atoms with Crippen molar-refractivity contribution in [1.82, 2.24) is 14.7 Å². The second-order valence-electron chi connectivity index (χ2n) is 9.17. The quantitative estimate of drug-likeness (QED) is 0.620. The minimum atomic E-state index is -0.318. The monoisotopic (exact) mass is 474 g/mol. The Morgan fingerprint density at radius 1 is 0.771 bits per heavy atom. The number of likely N-dealkylation sites (tertiary alicyclic amines) is 1. The smallest absolute Gasteiger partial charge is 0.320 e. The van der Waals surface area contributed by atoms with E-state index in [-0.39, 0.29) is 30.0 Å². The van der Waals surface area contributed by atoms with Crippen molar-refractivity contribution in [3.05, 3.63) is 65.9 Å². The minimum absolute atomic E-state index is 0.0501. The maximum absolute atomic E-state index is 12.8. The number of para-hydroxylation sites is 1. The standard InChI is InChI=1S/C27H30N4O4/c32-25(29-14-16-31(17-15-29)27(34)30-12-4-1-5-13-30)18-20-8-10-22(11-9-20)28-26(33)24-19-21-6-2-3-7-23(21)35-24/h2-3,6-11,19H,1,4-5,12-18H2,(H,28,33). The summed E-state index contributed by atoms with van der Waals surface area (Å²) in [6.45, 7) is 3.95. The Labute approximate surface area is 204 Å². The van der Waals surface area contributed by atoms with Crippen LogP contribution >= 0.6 is 0 Å². The first-order valence-electron chi connectivity index (χ1n) is 12.3. The molecule has 8 nitrogen and oxygen atoms in total. The van der Waals surface area contributed by atoms with Crippen LogP contribution in [0, 0.1) is 0 Å². The highest BCUT2D eigenvalue weighted by Crippen LogP contribution is 2.20. The molecule has 1 N–H and O–H groups in total. The number of rotatable bonds is 4. The first-order valence-corrected chi connectivity index (χ1v) is 12.3. The number of anilines is 1. The molecule has 0 aliphatic carbocycles. The van der Waals surface area contributed by atoms with Crippen LogP contribution in [0.2, 0.25) is 0 Å². The number of nitrogens with zero attached hydrogens (tertiary/aromatic N) is 3. The van der Waals surface area contributed by atoms with Crippen molar-refractivity contribution in [2.24, 2.45) is 0 Å². The molecule has 0 unspecified atom stereocenters. The van der Waals surface area contributed by atoms with Gasteiger partial charge in [-0.25, -0.2) is 4.79 Å². The van der Waals surface area contributed by atoms with Gasteiger partial charge in [-0.15, -0.1) is 0 Å². The summed E-state index contributed by atoms with van der Waals surface area (Å²) >= 11 is 0. The number of piperidine rings is 1. The normalized spacial score (nSPS) is 16.4. The molecule has 2 aliphatic heterocycles. The van der Waals surface area contributed by atoms with Gasteiger partial charge in [0.2, 0.25) is 5.91 Å². The molecule has 0 spiro atoms. The molecule has 0 radical (unpaired) electrons. The van der Waals surface area contributed by atoms with Crippen LogP contribution in [0.15, 0.2) is 59.0 Å². The van der Waals surface area contributed by atoms with E-state index in [9.17, 15) is 14.4 Å². The summed E-state index contributed by atoms with van der Waals surface area (Å²) in [4.78, 5) is 43.7. The van der Waals surface area contributed by atoms with Gasteiger partial charge in [-0.1, -0.05) is 30.3 Å². The zero-order chi connectivity index (χ0) is 24.2. The van der Waals surface area contributed by atoms with Crippen molar-refractivity contribution in [3.63, 3.8) is 0 Å². The van der Waals surface area contributed by atoms with Crippen LogP contribution in [0.3, 0.4) is 0 Å². The highest BCUT2D eigenvalue weighted by Gasteiger charge is 2.27. The minimum Gasteiger partial charge on any atom is -0.451 e. The molecule has 3 aromatic rings. The molecule has 182 valence electrons. The zero-order valence-electron chi connectivity index (χ0n) is 19.7. The van der Waals surface area contributed by atoms with Crippen LogP contribution < -0.4 is 5.32 Å². The van der Waals surface area contributed by atoms with E-state index in [1.54, 1.807) is 18.2 Å². The highest BCUT2D eigenvalue weighted by molar-refractivity contribution is 6.04. The van der Waals surface area contributed by atoms with Gasteiger partial charge in [-0.05, 0) is 49.1 Å². The Hall–Kier alpha value is -3.81. The van der Waals surface area contributed by atoms with Gasteiger partial charge in [-0.2, -0.15) is 0 Å². The number of urea groups is 1. The van der Waals surface area contributed by atoms with Crippen LogP contribution in [0.5, 0.6) is 0 Å². The third-order valence-electron chi connectivity index (χ3n) is 6.75. The fourth-order valence-corrected chi connectivity index (χ4v) is 4.71. The number of amides is 4. The van der Waals surface area contributed by atoms with Gasteiger partial charge in [0, 0.05) is 50.3 Å². The Kier molecular flexibility index (Phi) is 6.70. The lowest BCUT2D eigenvalue weighted by Gasteiger charge is -2.38. The number of nitrogens with one attached hydrogen (secondary N) is 1. The van der Waals surface area contributed by atoms with E-state index in [0.29, 0.717) is 37.4 Å². The van der Waals surface area contributed by atoms with Crippen molar-refractivity contribution in [2.45, 2.75) is 25.7 Å². The lowest BCUT2D eigenvalue weighted by molar-refractivity contribution is -0.131. The van der Waals surface area contributed by atoms with E-state index in [1.165, 1.54) is 6.42 Å². The van der Waals surface area contributed by atoms with Crippen LogP contribution in [0.1, 0.15) is 35.4 Å². The molecule has 35 heavy (non-hydrogen) atoms. The predicted octanol–water partition coefficient (Wildman–Crippen LogP) is 3.98. The van der Waals surface area contributed by atoms with Crippen LogP contribution in [0.4, 0.5) is 10.5 Å². The number of carbonyl (C=O) groups is 3. The predicted molar refractivity (Wildman–Crippen MR) is 133 cm³/mol. The molecule has 2 saturated heterocycles. The molecule has 3 heterocycles. The summed E-state index contributed by atoms with van der Waals surface area (Å²) in [5.74, 6) is -0.0144. The van der Waals surface area contributed by atoms with Gasteiger partial charge in [0.15, 0.2) is 5.76 Å². The lowest BCUT2D eigenvalue weighted by Crippen LogP contribution is -2.54. The number of benzene rings is 2. The van der Waals surface area contributed by atoms with Crippen molar-refractivity contribution in [3.8, 4) is 0 Å². The summed E-state index contributed by atoms with van der Waals surface area (Å²) in [7, 11) is 0. The molecule has 0 saturated carbocycles. The number of carbonyl (C=O) groups excluding carboxylic acids is 3. The average Bonchev–Trinajstić information content (AvgIpc) is 3.35. The Balaban J connectivity index is 1.11. The summed E-state index contributed by atoms with van der Waals surface area (Å²) in [6.07, 6.45) is 3.64. The summed E-state index contributed by atoms with van der Waals surface area (Å²) < 4.78 is 5.61. The van der Waals surface area contributed by atoms with E-state index >= 15 is 0 Å². The molecular formula is C27H30N4O4. The van der Waals surface area contributed by atoms with Gasteiger partial charge in [0.05, 0.1) is 6.42 Å². The molecule has 0 bridgehead atoms. The Bertz CT molecular complexity index is 1170. The molecule has 2 aliphatic rings. The number of hydrogen-bond donors (Lipinski definition) is 1. The van der Waals surface area contributed by atoms with E-state index in [4.69, 9.17) is 4.42 Å². The summed E-state index contributed by atoms with van der Waals surface area (Å²) in [5, 5.41) is 3.71. The second kappa shape index (κ2) is 10.2. The Morgan fingerprint density at radius 3 is 2.14 bits per heavy atom. The summed E-state index contributed by atoms with van der Waals surface area (Å²) in [5.41, 5.74) is 2.18. The fraction of sp³-hybridized carbons (Fsp3) is 0.370. The average molecular weight is 475 g/mol. The SMILES string of the molecule is O=C(Nc1ccc(CC(=O)N2CCN(C(=O)N3CCCCC3)CC2)cc1)c1cc2ccccc2o1. The zero-order valence-corrected chi connectivity index (χ0v) is 19.7. The first kappa shape index (κ1) is 23.0. The fourth-order valence-electron chi connectivity index (χ4n) is 4.71.